The number of ether oxygens (including phenoxy) is 1. The van der Waals surface area contributed by atoms with Gasteiger partial charge in [-0.3, -0.25) is 0 Å². The smallest absolute Gasteiger partial charge is 0.0645 e. The van der Waals surface area contributed by atoms with E-state index in [0.717, 1.165) is 6.61 Å². The van der Waals surface area contributed by atoms with Gasteiger partial charge in [0.25, 0.3) is 0 Å². The molecule has 1 atom stereocenters. The summed E-state index contributed by atoms with van der Waals surface area (Å²) in [6.45, 7) is 7.63. The van der Waals surface area contributed by atoms with E-state index in [0.29, 0.717) is 11.5 Å². The molecular formula is C7H14O. The Bertz CT molecular complexity index is 76.9. The molecule has 1 aliphatic rings. The lowest BCUT2D eigenvalue weighted by molar-refractivity contribution is -0.109. The Morgan fingerprint density at radius 2 is 1.88 bits per heavy atom. The quantitative estimate of drug-likeness (QED) is 0.466. The summed E-state index contributed by atoms with van der Waals surface area (Å²) in [6.07, 6.45) is 1.78. The molecule has 1 heteroatoms. The average Bonchev–Trinajstić information content (AvgIpc) is 1.16. The average molecular weight is 114 g/mol. The van der Waals surface area contributed by atoms with E-state index in [-0.39, 0.29) is 0 Å². The lowest BCUT2D eigenvalue weighted by Gasteiger charge is -2.37. The molecule has 0 amide bonds. The van der Waals surface area contributed by atoms with Crippen LogP contribution in [-0.2, 0) is 4.74 Å². The molecule has 8 heavy (non-hydrogen) atoms. The van der Waals surface area contributed by atoms with Gasteiger partial charge < -0.3 is 4.74 Å². The number of hydrogen-bond donors (Lipinski definition) is 0. The van der Waals surface area contributed by atoms with Gasteiger partial charge in [0.05, 0.1) is 6.10 Å². The van der Waals surface area contributed by atoms with E-state index in [2.05, 4.69) is 20.8 Å². The fraction of sp³-hybridized carbons (Fsp3) is 1.00. The Morgan fingerprint density at radius 3 is 1.88 bits per heavy atom. The van der Waals surface area contributed by atoms with Crippen LogP contribution in [0.4, 0.5) is 0 Å². The van der Waals surface area contributed by atoms with Crippen LogP contribution in [-0.4, -0.2) is 12.7 Å². The first-order chi connectivity index (χ1) is 3.61. The highest BCUT2D eigenvalue weighted by atomic mass is 16.5. The van der Waals surface area contributed by atoms with E-state index >= 15 is 0 Å². The van der Waals surface area contributed by atoms with E-state index in [1.165, 1.54) is 6.42 Å². The van der Waals surface area contributed by atoms with Gasteiger partial charge >= 0.3 is 0 Å². The minimum Gasteiger partial charge on any atom is -0.377 e. The molecule has 1 saturated heterocycles. The van der Waals surface area contributed by atoms with Crippen LogP contribution in [0.25, 0.3) is 0 Å². The van der Waals surface area contributed by atoms with Crippen molar-refractivity contribution in [2.45, 2.75) is 33.3 Å². The van der Waals surface area contributed by atoms with Crippen LogP contribution in [0.1, 0.15) is 27.2 Å². The molecule has 0 aromatic rings. The van der Waals surface area contributed by atoms with Gasteiger partial charge in [-0.15, -0.1) is 0 Å². The second-order valence-electron chi connectivity index (χ2n) is 3.51. The molecule has 0 radical (unpaired) electrons. The second kappa shape index (κ2) is 1.73. The normalized spacial score (nSPS) is 29.6. The van der Waals surface area contributed by atoms with Crippen LogP contribution in [0.3, 0.4) is 0 Å². The topological polar surface area (TPSA) is 9.23 Å². The van der Waals surface area contributed by atoms with Crippen LogP contribution >= 0.6 is 0 Å². The van der Waals surface area contributed by atoms with Gasteiger partial charge in [-0.05, 0) is 11.8 Å². The summed E-state index contributed by atoms with van der Waals surface area (Å²) in [6, 6.07) is 0. The molecule has 0 spiro atoms. The molecule has 1 nitrogen and oxygen atoms in total. The van der Waals surface area contributed by atoms with Gasteiger partial charge in [-0.25, -0.2) is 0 Å². The van der Waals surface area contributed by atoms with Gasteiger partial charge in [0, 0.05) is 6.61 Å². The Balaban J connectivity index is 2.34. The molecule has 0 aliphatic carbocycles. The van der Waals surface area contributed by atoms with Crippen molar-refractivity contribution in [2.75, 3.05) is 6.61 Å². The maximum atomic E-state index is 5.30. The third-order valence-corrected chi connectivity index (χ3v) is 1.67. The molecule has 0 aromatic heterocycles. The van der Waals surface area contributed by atoms with Gasteiger partial charge in [0.15, 0.2) is 0 Å². The molecule has 0 bridgehead atoms. The maximum absolute atomic E-state index is 5.30. The van der Waals surface area contributed by atoms with E-state index in [9.17, 15) is 0 Å². The van der Waals surface area contributed by atoms with Crippen molar-refractivity contribution in [1.29, 1.82) is 0 Å². The summed E-state index contributed by atoms with van der Waals surface area (Å²) < 4.78 is 5.30. The minimum atomic E-state index is 0.373. The highest BCUT2D eigenvalue weighted by Crippen LogP contribution is 2.30. The Morgan fingerprint density at radius 1 is 1.38 bits per heavy atom. The summed E-state index contributed by atoms with van der Waals surface area (Å²) in [5.41, 5.74) is 0.373. The van der Waals surface area contributed by atoms with E-state index < -0.39 is 0 Å². The highest BCUT2D eigenvalue weighted by molar-refractivity contribution is 4.79. The van der Waals surface area contributed by atoms with Crippen LogP contribution in [0.15, 0.2) is 0 Å². The minimum absolute atomic E-state index is 0.373. The molecule has 48 valence electrons. The van der Waals surface area contributed by atoms with Gasteiger partial charge in [0.2, 0.25) is 0 Å². The van der Waals surface area contributed by atoms with Gasteiger partial charge in [-0.1, -0.05) is 20.8 Å². The standard InChI is InChI=1S/C7H14O/c1-7(2,3)6-4-5-8-6/h6H,4-5H2,1-3H3/t6-/m1/s1. The fourth-order valence-corrected chi connectivity index (χ4v) is 0.919. The van der Waals surface area contributed by atoms with Crippen molar-refractivity contribution < 1.29 is 4.74 Å². The van der Waals surface area contributed by atoms with Crippen molar-refractivity contribution in [3.8, 4) is 0 Å². The molecule has 0 unspecified atom stereocenters. The zero-order valence-electron chi connectivity index (χ0n) is 5.90. The summed E-state index contributed by atoms with van der Waals surface area (Å²) in [5.74, 6) is 0. The summed E-state index contributed by atoms with van der Waals surface area (Å²) in [5, 5.41) is 0. The highest BCUT2D eigenvalue weighted by Gasteiger charge is 2.30. The summed E-state index contributed by atoms with van der Waals surface area (Å²) in [4.78, 5) is 0. The van der Waals surface area contributed by atoms with Crippen LogP contribution < -0.4 is 0 Å². The molecule has 1 aliphatic heterocycles. The van der Waals surface area contributed by atoms with Crippen molar-refractivity contribution in [2.24, 2.45) is 5.41 Å². The van der Waals surface area contributed by atoms with Crippen molar-refractivity contribution in [1.82, 2.24) is 0 Å². The Kier molecular flexibility index (Phi) is 1.31. The van der Waals surface area contributed by atoms with E-state index in [4.69, 9.17) is 4.74 Å². The van der Waals surface area contributed by atoms with Crippen molar-refractivity contribution in [3.05, 3.63) is 0 Å². The van der Waals surface area contributed by atoms with Crippen LogP contribution in [0, 0.1) is 5.41 Å². The first-order valence-corrected chi connectivity index (χ1v) is 3.22. The predicted octanol–water partition coefficient (Wildman–Crippen LogP) is 1.82. The maximum Gasteiger partial charge on any atom is 0.0645 e. The SMILES string of the molecule is CC(C)(C)[C@H]1CCO1. The largest absolute Gasteiger partial charge is 0.377 e. The summed E-state index contributed by atoms with van der Waals surface area (Å²) in [7, 11) is 0. The van der Waals surface area contributed by atoms with Crippen molar-refractivity contribution in [3.63, 3.8) is 0 Å². The molecule has 0 saturated carbocycles. The Hall–Kier alpha value is -0.0400. The zero-order valence-corrected chi connectivity index (χ0v) is 5.90. The van der Waals surface area contributed by atoms with E-state index in [1.807, 2.05) is 0 Å². The number of rotatable bonds is 0. The molecule has 1 heterocycles. The first-order valence-electron chi connectivity index (χ1n) is 3.22. The second-order valence-corrected chi connectivity index (χ2v) is 3.51. The third-order valence-electron chi connectivity index (χ3n) is 1.67. The van der Waals surface area contributed by atoms with Crippen LogP contribution in [0.2, 0.25) is 0 Å². The summed E-state index contributed by atoms with van der Waals surface area (Å²) >= 11 is 0. The molecule has 0 N–H and O–H groups in total. The van der Waals surface area contributed by atoms with E-state index in [1.54, 1.807) is 0 Å². The first kappa shape index (κ1) is 6.09. The van der Waals surface area contributed by atoms with Gasteiger partial charge in [0.1, 0.15) is 0 Å². The fourth-order valence-electron chi connectivity index (χ4n) is 0.919. The predicted molar refractivity (Wildman–Crippen MR) is 33.8 cm³/mol. The lowest BCUT2D eigenvalue weighted by Crippen LogP contribution is -2.38. The molecule has 1 rings (SSSR count). The van der Waals surface area contributed by atoms with Crippen LogP contribution in [0.5, 0.6) is 0 Å². The monoisotopic (exact) mass is 114 g/mol. The molecule has 1 fully saturated rings. The Labute approximate surface area is 51.0 Å². The molecule has 0 aromatic carbocycles. The lowest BCUT2D eigenvalue weighted by atomic mass is 9.85. The molecular weight excluding hydrogens is 100 g/mol. The van der Waals surface area contributed by atoms with Gasteiger partial charge in [-0.2, -0.15) is 0 Å². The zero-order chi connectivity index (χ0) is 6.20. The van der Waals surface area contributed by atoms with Crippen molar-refractivity contribution >= 4 is 0 Å². The third kappa shape index (κ3) is 1.03. The number of hydrogen-bond acceptors (Lipinski definition) is 1.